The number of carbonyl (C=O) groups excluding carboxylic acids is 4. The number of likely N-dealkylation sites (tertiary alicyclic amines) is 2. The van der Waals surface area contributed by atoms with Crippen LogP contribution >= 0.6 is 0 Å². The van der Waals surface area contributed by atoms with Crippen LogP contribution < -0.4 is 10.6 Å². The second-order valence-corrected chi connectivity index (χ2v) is 13.6. The number of oxazole rings is 1. The van der Waals surface area contributed by atoms with Crippen LogP contribution in [0.25, 0.3) is 22.8 Å². The van der Waals surface area contributed by atoms with Gasteiger partial charge < -0.3 is 34.3 Å². The fourth-order valence-electron chi connectivity index (χ4n) is 7.33. The molecule has 2 aliphatic heterocycles. The lowest BCUT2D eigenvalue weighted by molar-refractivity contribution is -0.146. The summed E-state index contributed by atoms with van der Waals surface area (Å²) in [5, 5.41) is 5.91. The number of aromatic nitrogens is 1. The quantitative estimate of drug-likeness (QED) is 0.145. The molecule has 282 valence electrons. The monoisotopic (exact) mass is 741 g/mol. The van der Waals surface area contributed by atoms with Gasteiger partial charge in [-0.25, -0.2) is 4.98 Å². The molecule has 3 heterocycles. The molecule has 0 spiro atoms. The molecule has 2 unspecified atom stereocenters. The number of nitrogens with one attached hydrogen (secondary N) is 2. The minimum Gasteiger partial charge on any atom is -0.436 e. The molecule has 0 bridgehead atoms. The van der Waals surface area contributed by atoms with Crippen LogP contribution in [0.5, 0.6) is 0 Å². The Balaban J connectivity index is 0.944. The highest BCUT2D eigenvalue weighted by molar-refractivity contribution is 5.99. The number of hydrogen-bond donors (Lipinski definition) is 2. The lowest BCUT2D eigenvalue weighted by Crippen LogP contribution is -2.45. The average molecular weight is 742 g/mol. The number of methoxy groups -OCH3 is 2. The minimum atomic E-state index is -0.778. The summed E-state index contributed by atoms with van der Waals surface area (Å²) < 4.78 is 17.2. The van der Waals surface area contributed by atoms with E-state index in [1.165, 1.54) is 14.2 Å². The summed E-state index contributed by atoms with van der Waals surface area (Å²) in [5.41, 5.74) is 4.16. The van der Waals surface area contributed by atoms with E-state index in [1.54, 1.807) is 40.3 Å². The van der Waals surface area contributed by atoms with Gasteiger partial charge in [-0.15, -0.1) is 0 Å². The highest BCUT2D eigenvalue weighted by Crippen LogP contribution is 2.31. The van der Waals surface area contributed by atoms with Crippen molar-refractivity contribution in [1.29, 1.82) is 0 Å². The van der Waals surface area contributed by atoms with Crippen LogP contribution in [-0.2, 0) is 28.7 Å². The van der Waals surface area contributed by atoms with Gasteiger partial charge in [0.15, 0.2) is 18.0 Å². The zero-order chi connectivity index (χ0) is 38.3. The maximum absolute atomic E-state index is 13.4. The van der Waals surface area contributed by atoms with Crippen molar-refractivity contribution in [1.82, 2.24) is 14.8 Å². The third-order valence-electron chi connectivity index (χ3n) is 10.1. The van der Waals surface area contributed by atoms with Gasteiger partial charge in [0.1, 0.15) is 12.1 Å². The minimum absolute atomic E-state index is 0.230. The maximum Gasteiger partial charge on any atom is 0.257 e. The molecule has 12 nitrogen and oxygen atoms in total. The number of nitrogens with zero attached hydrogens (tertiary/aromatic N) is 3. The second-order valence-electron chi connectivity index (χ2n) is 13.6. The Morgan fingerprint density at radius 3 is 1.51 bits per heavy atom. The highest BCUT2D eigenvalue weighted by Gasteiger charge is 2.39. The summed E-state index contributed by atoms with van der Waals surface area (Å²) in [6.07, 6.45) is 2.67. The number of carbonyl (C=O) groups is 4. The summed E-state index contributed by atoms with van der Waals surface area (Å²) in [5.74, 6) is -0.0201. The molecule has 4 aromatic carbocycles. The zero-order valence-electron chi connectivity index (χ0n) is 30.7. The molecule has 2 fully saturated rings. The van der Waals surface area contributed by atoms with Crippen LogP contribution in [0, 0.1) is 0 Å². The molecule has 7 rings (SSSR count). The van der Waals surface area contributed by atoms with Crippen LogP contribution in [0.15, 0.2) is 120 Å². The number of rotatable bonds is 12. The van der Waals surface area contributed by atoms with E-state index in [9.17, 15) is 19.2 Å². The second kappa shape index (κ2) is 16.9. The highest BCUT2D eigenvalue weighted by atomic mass is 16.5. The summed E-state index contributed by atoms with van der Waals surface area (Å²) in [4.78, 5) is 61.2. The zero-order valence-corrected chi connectivity index (χ0v) is 30.7. The number of benzene rings is 4. The summed E-state index contributed by atoms with van der Waals surface area (Å²) in [6, 6.07) is 31.7. The van der Waals surface area contributed by atoms with Crippen LogP contribution in [-0.4, -0.2) is 77.8 Å². The van der Waals surface area contributed by atoms with Crippen molar-refractivity contribution in [3.8, 4) is 22.8 Å². The van der Waals surface area contributed by atoms with Crippen molar-refractivity contribution < 1.29 is 33.1 Å². The fourth-order valence-corrected chi connectivity index (χ4v) is 7.33. The largest absolute Gasteiger partial charge is 0.436 e. The van der Waals surface area contributed by atoms with Crippen molar-refractivity contribution in [2.24, 2.45) is 0 Å². The van der Waals surface area contributed by atoms with E-state index >= 15 is 0 Å². The smallest absolute Gasteiger partial charge is 0.257 e. The summed E-state index contributed by atoms with van der Waals surface area (Å²) in [6.45, 7) is 0.972. The van der Waals surface area contributed by atoms with E-state index in [0.29, 0.717) is 49.0 Å². The summed E-state index contributed by atoms with van der Waals surface area (Å²) >= 11 is 0. The first-order valence-electron chi connectivity index (χ1n) is 18.4. The molecule has 55 heavy (non-hydrogen) atoms. The normalized spacial score (nSPS) is 17.8. The van der Waals surface area contributed by atoms with E-state index in [0.717, 1.165) is 35.1 Å². The van der Waals surface area contributed by atoms with E-state index < -0.39 is 24.3 Å². The predicted molar refractivity (Wildman–Crippen MR) is 206 cm³/mol. The van der Waals surface area contributed by atoms with Crippen molar-refractivity contribution in [2.75, 3.05) is 37.9 Å². The van der Waals surface area contributed by atoms with E-state index in [1.807, 2.05) is 84.9 Å². The molecule has 4 atom stereocenters. The molecular formula is C43H43N5O7. The Morgan fingerprint density at radius 2 is 1.07 bits per heavy atom. The third kappa shape index (κ3) is 8.20. The number of anilines is 2. The van der Waals surface area contributed by atoms with Gasteiger partial charge in [-0.1, -0.05) is 60.7 Å². The molecule has 12 heteroatoms. The third-order valence-corrected chi connectivity index (χ3v) is 10.1. The van der Waals surface area contributed by atoms with Gasteiger partial charge >= 0.3 is 0 Å². The Hall–Kier alpha value is -6.11. The van der Waals surface area contributed by atoms with Gasteiger partial charge in [0.05, 0.1) is 6.20 Å². The summed E-state index contributed by atoms with van der Waals surface area (Å²) in [7, 11) is 3.00. The molecule has 0 radical (unpaired) electrons. The average Bonchev–Trinajstić information content (AvgIpc) is 4.02. The van der Waals surface area contributed by atoms with Crippen molar-refractivity contribution in [3.05, 3.63) is 127 Å². The Kier molecular flexibility index (Phi) is 11.4. The van der Waals surface area contributed by atoms with Crippen LogP contribution in [0.1, 0.15) is 49.0 Å². The topological polar surface area (TPSA) is 143 Å². The van der Waals surface area contributed by atoms with Gasteiger partial charge in [-0.3, -0.25) is 19.2 Å². The first-order chi connectivity index (χ1) is 26.8. The van der Waals surface area contributed by atoms with Gasteiger partial charge in [0, 0.05) is 49.8 Å². The molecule has 2 saturated heterocycles. The maximum atomic E-state index is 13.4. The number of hydrogen-bond acceptors (Lipinski definition) is 8. The van der Waals surface area contributed by atoms with Crippen LogP contribution in [0.4, 0.5) is 11.4 Å². The Morgan fingerprint density at radius 1 is 0.636 bits per heavy atom. The SMILES string of the molecule is CO[C@@H](C(=O)N1CCCC1C(=O)Nc1ccc(-c2cnc(-c3ccc(NC(=O)C4CCCN4C(=O)[C@H](OC)c4ccccc4)cc3)o2)cc1)c1ccccc1. The van der Waals surface area contributed by atoms with Gasteiger partial charge in [-0.2, -0.15) is 0 Å². The molecule has 2 aliphatic rings. The van der Waals surface area contributed by atoms with Gasteiger partial charge in [-0.05, 0) is 85.3 Å². The fraction of sp³-hybridized carbons (Fsp3) is 0.279. The van der Waals surface area contributed by atoms with Crippen molar-refractivity contribution in [2.45, 2.75) is 50.0 Å². The van der Waals surface area contributed by atoms with Gasteiger partial charge in [0.25, 0.3) is 11.8 Å². The standard InChI is InChI=1S/C43H43N5O7/c1-53-37(29-11-5-3-6-12-29)42(51)47-25-9-15-34(47)39(49)45-32-21-17-28(18-22-32)36-27-44-41(55-36)31-19-23-33(24-20-31)46-40(50)35-16-10-26-48(35)43(52)38(54-2)30-13-7-4-8-14-30/h3-8,11-14,17-24,27,34-35,37-38H,9-10,15-16,25-26H2,1-2H3,(H,45,49)(H,46,50)/t34?,35?,37-,38-/m1/s1. The predicted octanol–water partition coefficient (Wildman–Crippen LogP) is 6.64. The molecule has 0 aliphatic carbocycles. The van der Waals surface area contributed by atoms with Crippen LogP contribution in [0.2, 0.25) is 0 Å². The van der Waals surface area contributed by atoms with Crippen LogP contribution in [0.3, 0.4) is 0 Å². The number of amides is 4. The molecule has 0 saturated carbocycles. The van der Waals surface area contributed by atoms with E-state index in [-0.39, 0.29) is 23.6 Å². The number of ether oxygens (including phenoxy) is 2. The van der Waals surface area contributed by atoms with Gasteiger partial charge in [0.2, 0.25) is 17.7 Å². The van der Waals surface area contributed by atoms with Crippen molar-refractivity contribution in [3.63, 3.8) is 0 Å². The van der Waals surface area contributed by atoms with Crippen molar-refractivity contribution >= 4 is 35.0 Å². The molecular weight excluding hydrogens is 699 g/mol. The molecule has 5 aromatic rings. The van der Waals surface area contributed by atoms with E-state index in [4.69, 9.17) is 13.9 Å². The first-order valence-corrected chi connectivity index (χ1v) is 18.4. The van der Waals surface area contributed by atoms with E-state index in [2.05, 4.69) is 15.6 Å². The molecule has 4 amide bonds. The first kappa shape index (κ1) is 37.2. The lowest BCUT2D eigenvalue weighted by Gasteiger charge is -2.27. The lowest BCUT2D eigenvalue weighted by atomic mass is 10.1. The Labute approximate surface area is 319 Å². The molecule has 1 aromatic heterocycles. The molecule has 2 N–H and O–H groups in total. The Bertz CT molecular complexity index is 1960.